The third-order valence-electron chi connectivity index (χ3n) is 2.28. The lowest BCUT2D eigenvalue weighted by molar-refractivity contribution is 0.0988. The standard InChI is InChI=1S/C13H16FNO/c1-4-5-15-8-12(16)13-10(3)6-9(2)7-11(13)14/h4,6-7,15H,1,5,8H2,2-3H3. The predicted molar refractivity (Wildman–Crippen MR) is 63.3 cm³/mol. The van der Waals surface area contributed by atoms with E-state index in [-0.39, 0.29) is 17.9 Å². The molecule has 0 bridgehead atoms. The van der Waals surface area contributed by atoms with E-state index in [4.69, 9.17) is 0 Å². The van der Waals surface area contributed by atoms with Gasteiger partial charge in [0.1, 0.15) is 5.82 Å². The third-order valence-corrected chi connectivity index (χ3v) is 2.28. The van der Waals surface area contributed by atoms with Crippen LogP contribution in [0.15, 0.2) is 24.8 Å². The van der Waals surface area contributed by atoms with Crippen molar-refractivity contribution >= 4 is 5.78 Å². The first kappa shape index (κ1) is 12.6. The highest BCUT2D eigenvalue weighted by Crippen LogP contribution is 2.15. The first-order valence-corrected chi connectivity index (χ1v) is 5.17. The fraction of sp³-hybridized carbons (Fsp3) is 0.308. The summed E-state index contributed by atoms with van der Waals surface area (Å²) in [5.74, 6) is -0.667. The predicted octanol–water partition coefficient (Wildman–Crippen LogP) is 2.40. The van der Waals surface area contributed by atoms with Crippen LogP contribution in [0, 0.1) is 19.7 Å². The van der Waals surface area contributed by atoms with Gasteiger partial charge in [-0.3, -0.25) is 4.79 Å². The van der Waals surface area contributed by atoms with E-state index in [1.165, 1.54) is 6.07 Å². The highest BCUT2D eigenvalue weighted by Gasteiger charge is 2.14. The lowest BCUT2D eigenvalue weighted by Gasteiger charge is -2.08. The van der Waals surface area contributed by atoms with Crippen LogP contribution in [-0.2, 0) is 0 Å². The summed E-state index contributed by atoms with van der Waals surface area (Å²) >= 11 is 0. The Bertz CT molecular complexity index is 389. The van der Waals surface area contributed by atoms with Crippen LogP contribution >= 0.6 is 0 Å². The minimum Gasteiger partial charge on any atom is -0.306 e. The summed E-state index contributed by atoms with van der Waals surface area (Å²) in [6.07, 6.45) is 1.66. The van der Waals surface area contributed by atoms with E-state index in [1.807, 2.05) is 6.07 Å². The van der Waals surface area contributed by atoms with Gasteiger partial charge in [-0.15, -0.1) is 6.58 Å². The zero-order valence-corrected chi connectivity index (χ0v) is 9.64. The average Bonchev–Trinajstić information content (AvgIpc) is 2.16. The lowest BCUT2D eigenvalue weighted by atomic mass is 10.0. The normalized spacial score (nSPS) is 10.2. The van der Waals surface area contributed by atoms with Crippen molar-refractivity contribution in [3.63, 3.8) is 0 Å². The van der Waals surface area contributed by atoms with Crippen LogP contribution in [0.1, 0.15) is 21.5 Å². The van der Waals surface area contributed by atoms with Crippen molar-refractivity contribution in [3.05, 3.63) is 47.3 Å². The molecule has 0 fully saturated rings. The van der Waals surface area contributed by atoms with Gasteiger partial charge in [0.2, 0.25) is 0 Å². The largest absolute Gasteiger partial charge is 0.306 e. The van der Waals surface area contributed by atoms with Crippen molar-refractivity contribution in [1.29, 1.82) is 0 Å². The van der Waals surface area contributed by atoms with E-state index in [2.05, 4.69) is 11.9 Å². The van der Waals surface area contributed by atoms with Crippen molar-refractivity contribution in [2.45, 2.75) is 13.8 Å². The maximum Gasteiger partial charge on any atom is 0.179 e. The molecule has 1 rings (SSSR count). The van der Waals surface area contributed by atoms with Gasteiger partial charge in [0, 0.05) is 6.54 Å². The molecule has 0 unspecified atom stereocenters. The fourth-order valence-electron chi connectivity index (χ4n) is 1.65. The summed E-state index contributed by atoms with van der Waals surface area (Å²) in [5.41, 5.74) is 1.69. The molecule has 3 heteroatoms. The highest BCUT2D eigenvalue weighted by atomic mass is 19.1. The fourth-order valence-corrected chi connectivity index (χ4v) is 1.65. The summed E-state index contributed by atoms with van der Waals surface area (Å²) in [6.45, 7) is 7.75. The molecule has 0 atom stereocenters. The van der Waals surface area contributed by atoms with Gasteiger partial charge in [0.25, 0.3) is 0 Å². The molecule has 0 aromatic heterocycles. The number of hydrogen-bond donors (Lipinski definition) is 1. The van der Waals surface area contributed by atoms with E-state index in [0.717, 1.165) is 5.56 Å². The monoisotopic (exact) mass is 221 g/mol. The molecular formula is C13H16FNO. The zero-order chi connectivity index (χ0) is 12.1. The second-order valence-electron chi connectivity index (χ2n) is 3.78. The molecule has 0 spiro atoms. The van der Waals surface area contributed by atoms with Crippen molar-refractivity contribution in [2.24, 2.45) is 0 Å². The van der Waals surface area contributed by atoms with Gasteiger partial charge in [0.05, 0.1) is 12.1 Å². The number of carbonyl (C=O) groups excluding carboxylic acids is 1. The Labute approximate surface area is 95.2 Å². The van der Waals surface area contributed by atoms with E-state index in [0.29, 0.717) is 12.1 Å². The van der Waals surface area contributed by atoms with Crippen molar-refractivity contribution in [1.82, 2.24) is 5.32 Å². The maximum atomic E-state index is 13.6. The lowest BCUT2D eigenvalue weighted by Crippen LogP contribution is -2.24. The number of carbonyl (C=O) groups is 1. The first-order chi connectivity index (χ1) is 7.56. The Morgan fingerprint density at radius 3 is 2.75 bits per heavy atom. The van der Waals surface area contributed by atoms with Crippen LogP contribution in [0.2, 0.25) is 0 Å². The molecule has 0 aliphatic heterocycles. The van der Waals surface area contributed by atoms with Gasteiger partial charge in [-0.1, -0.05) is 12.1 Å². The molecule has 86 valence electrons. The Hall–Kier alpha value is -1.48. The summed E-state index contributed by atoms with van der Waals surface area (Å²) in [4.78, 5) is 11.7. The Morgan fingerprint density at radius 2 is 2.19 bits per heavy atom. The summed E-state index contributed by atoms with van der Waals surface area (Å²) < 4.78 is 13.6. The number of rotatable bonds is 5. The molecule has 1 aromatic carbocycles. The number of benzene rings is 1. The third kappa shape index (κ3) is 3.00. The molecule has 0 amide bonds. The second-order valence-corrected chi connectivity index (χ2v) is 3.78. The molecule has 0 heterocycles. The number of Topliss-reactive ketones (excluding diaryl/α,β-unsaturated/α-hetero) is 1. The molecule has 1 N–H and O–H groups in total. The molecule has 0 aliphatic rings. The molecule has 0 aliphatic carbocycles. The quantitative estimate of drug-likeness (QED) is 0.470. The number of nitrogens with one attached hydrogen (secondary N) is 1. The van der Waals surface area contributed by atoms with Gasteiger partial charge in [0.15, 0.2) is 5.78 Å². The van der Waals surface area contributed by atoms with Crippen LogP contribution in [0.4, 0.5) is 4.39 Å². The number of aryl methyl sites for hydroxylation is 2. The SMILES string of the molecule is C=CCNCC(=O)c1c(C)cc(C)cc1F. The van der Waals surface area contributed by atoms with Gasteiger partial charge >= 0.3 is 0 Å². The Kier molecular flexibility index (Phi) is 4.38. The van der Waals surface area contributed by atoms with Crippen LogP contribution in [0.25, 0.3) is 0 Å². The van der Waals surface area contributed by atoms with Crippen molar-refractivity contribution in [2.75, 3.05) is 13.1 Å². The molecule has 0 radical (unpaired) electrons. The van der Waals surface area contributed by atoms with E-state index in [9.17, 15) is 9.18 Å². The first-order valence-electron chi connectivity index (χ1n) is 5.17. The van der Waals surface area contributed by atoms with Crippen LogP contribution in [0.5, 0.6) is 0 Å². The molecule has 2 nitrogen and oxygen atoms in total. The molecule has 16 heavy (non-hydrogen) atoms. The summed E-state index contributed by atoms with van der Waals surface area (Å²) in [7, 11) is 0. The summed E-state index contributed by atoms with van der Waals surface area (Å²) in [5, 5.41) is 2.87. The van der Waals surface area contributed by atoms with E-state index < -0.39 is 5.82 Å². The molecule has 0 saturated heterocycles. The minimum atomic E-state index is -0.442. The molecule has 0 saturated carbocycles. The minimum absolute atomic E-state index is 0.132. The Morgan fingerprint density at radius 1 is 1.50 bits per heavy atom. The second kappa shape index (κ2) is 5.56. The number of halogens is 1. The van der Waals surface area contributed by atoms with Gasteiger partial charge < -0.3 is 5.32 Å². The highest BCUT2D eigenvalue weighted by molar-refractivity contribution is 5.99. The van der Waals surface area contributed by atoms with Gasteiger partial charge in [-0.2, -0.15) is 0 Å². The molecular weight excluding hydrogens is 205 g/mol. The number of ketones is 1. The van der Waals surface area contributed by atoms with Crippen LogP contribution in [0.3, 0.4) is 0 Å². The van der Waals surface area contributed by atoms with Gasteiger partial charge in [-0.05, 0) is 31.0 Å². The Balaban J connectivity index is 2.86. The van der Waals surface area contributed by atoms with Crippen LogP contribution in [-0.4, -0.2) is 18.9 Å². The van der Waals surface area contributed by atoms with Crippen molar-refractivity contribution in [3.8, 4) is 0 Å². The van der Waals surface area contributed by atoms with E-state index in [1.54, 1.807) is 19.9 Å². The molecule has 1 aromatic rings. The smallest absolute Gasteiger partial charge is 0.179 e. The topological polar surface area (TPSA) is 29.1 Å². The van der Waals surface area contributed by atoms with E-state index >= 15 is 0 Å². The zero-order valence-electron chi connectivity index (χ0n) is 9.64. The van der Waals surface area contributed by atoms with Gasteiger partial charge in [-0.25, -0.2) is 4.39 Å². The summed E-state index contributed by atoms with van der Waals surface area (Å²) in [6, 6.07) is 3.19. The maximum absolute atomic E-state index is 13.6. The number of hydrogen-bond acceptors (Lipinski definition) is 2. The van der Waals surface area contributed by atoms with Crippen molar-refractivity contribution < 1.29 is 9.18 Å². The average molecular weight is 221 g/mol. The van der Waals surface area contributed by atoms with Crippen LogP contribution < -0.4 is 5.32 Å².